The fourth-order valence-electron chi connectivity index (χ4n) is 2.91. The third-order valence-electron chi connectivity index (χ3n) is 4.42. The lowest BCUT2D eigenvalue weighted by molar-refractivity contribution is -0.137. The molecule has 0 aliphatic carbocycles. The maximum absolute atomic E-state index is 10.7. The zero-order chi connectivity index (χ0) is 18.7. The van der Waals surface area contributed by atoms with E-state index < -0.39 is 5.97 Å². The molecule has 0 aliphatic rings. The van der Waals surface area contributed by atoms with E-state index in [1.54, 1.807) is 29.4 Å². The number of hydrogen-bond donors (Lipinski definition) is 1. The molecule has 0 saturated heterocycles. The lowest BCUT2D eigenvalue weighted by Crippen LogP contribution is -1.95. The molecule has 1 N–H and O–H groups in total. The summed E-state index contributed by atoms with van der Waals surface area (Å²) in [6.45, 7) is 6.43. The van der Waals surface area contributed by atoms with E-state index in [1.165, 1.54) is 27.1 Å². The van der Waals surface area contributed by atoms with Gasteiger partial charge in [-0.15, -0.1) is 23.1 Å². The maximum Gasteiger partial charge on any atom is 0.303 e. The summed E-state index contributed by atoms with van der Waals surface area (Å²) in [5.41, 5.74) is 5.00. The summed E-state index contributed by atoms with van der Waals surface area (Å²) in [5.74, 6) is -0.0136. The number of aliphatic carboxylic acids is 1. The number of hydrogen-bond acceptors (Lipinski definition) is 5. The zero-order valence-corrected chi connectivity index (χ0v) is 16.8. The number of thiophene rings is 1. The van der Waals surface area contributed by atoms with E-state index in [9.17, 15) is 4.79 Å². The first-order chi connectivity index (χ1) is 12.5. The van der Waals surface area contributed by atoms with Crippen LogP contribution in [0.2, 0.25) is 0 Å². The molecule has 3 aromatic rings. The van der Waals surface area contributed by atoms with Crippen molar-refractivity contribution in [2.45, 2.75) is 45.1 Å². The Morgan fingerprint density at radius 1 is 1.23 bits per heavy atom. The summed E-state index contributed by atoms with van der Waals surface area (Å²) in [4.78, 5) is 22.1. The first-order valence-electron chi connectivity index (χ1n) is 8.69. The molecule has 6 heteroatoms. The van der Waals surface area contributed by atoms with E-state index in [1.807, 2.05) is 0 Å². The molecule has 2 heterocycles. The van der Waals surface area contributed by atoms with Crippen molar-refractivity contribution in [2.75, 3.05) is 5.75 Å². The minimum absolute atomic E-state index is 0.190. The number of carboxylic acid groups (broad SMARTS) is 1. The molecule has 0 radical (unpaired) electrons. The van der Waals surface area contributed by atoms with Crippen molar-refractivity contribution < 1.29 is 9.90 Å². The Morgan fingerprint density at radius 3 is 2.73 bits per heavy atom. The smallest absolute Gasteiger partial charge is 0.303 e. The summed E-state index contributed by atoms with van der Waals surface area (Å²) in [5, 5.41) is 10.9. The molecule has 0 aliphatic heterocycles. The van der Waals surface area contributed by atoms with E-state index in [4.69, 9.17) is 5.11 Å². The number of carboxylic acids is 1. The van der Waals surface area contributed by atoms with Gasteiger partial charge in [-0.3, -0.25) is 4.79 Å². The number of rotatable bonds is 7. The largest absolute Gasteiger partial charge is 0.481 e. The number of aryl methyl sites for hydroxylation is 3. The second-order valence-electron chi connectivity index (χ2n) is 6.26. The van der Waals surface area contributed by atoms with Gasteiger partial charge in [0.2, 0.25) is 0 Å². The molecule has 1 aromatic carbocycles. The van der Waals surface area contributed by atoms with Crippen LogP contribution in [0.15, 0.2) is 29.6 Å². The molecule has 0 spiro atoms. The Morgan fingerprint density at radius 2 is 2.04 bits per heavy atom. The van der Waals surface area contributed by atoms with Gasteiger partial charge in [-0.05, 0) is 43.4 Å². The van der Waals surface area contributed by atoms with Crippen molar-refractivity contribution in [3.05, 3.63) is 40.5 Å². The minimum atomic E-state index is -0.752. The highest BCUT2D eigenvalue weighted by Crippen LogP contribution is 2.42. The van der Waals surface area contributed by atoms with Crippen molar-refractivity contribution in [2.24, 2.45) is 0 Å². The molecular weight excluding hydrogens is 364 g/mol. The number of aromatic nitrogens is 2. The van der Waals surface area contributed by atoms with E-state index in [-0.39, 0.29) is 6.42 Å². The first-order valence-corrected chi connectivity index (χ1v) is 10.5. The van der Waals surface area contributed by atoms with Crippen LogP contribution >= 0.6 is 23.1 Å². The quantitative estimate of drug-likeness (QED) is 0.330. The van der Waals surface area contributed by atoms with Crippen LogP contribution in [0.3, 0.4) is 0 Å². The third kappa shape index (κ3) is 3.91. The van der Waals surface area contributed by atoms with Gasteiger partial charge >= 0.3 is 5.97 Å². The molecule has 4 nitrogen and oxygen atoms in total. The normalized spacial score (nSPS) is 11.2. The van der Waals surface area contributed by atoms with Gasteiger partial charge in [-0.2, -0.15) is 0 Å². The highest BCUT2D eigenvalue weighted by Gasteiger charge is 2.18. The van der Waals surface area contributed by atoms with Crippen LogP contribution in [0, 0.1) is 13.8 Å². The van der Waals surface area contributed by atoms with Crippen molar-refractivity contribution in [1.29, 1.82) is 0 Å². The molecule has 0 amide bonds. The summed E-state index contributed by atoms with van der Waals surface area (Å²) >= 11 is 3.35. The molecule has 0 saturated carbocycles. The summed E-state index contributed by atoms with van der Waals surface area (Å²) in [7, 11) is 0. The van der Waals surface area contributed by atoms with Gasteiger partial charge in [0.25, 0.3) is 0 Å². The number of carbonyl (C=O) groups is 1. The molecule has 0 unspecified atom stereocenters. The fraction of sp³-hybridized carbons (Fsp3) is 0.350. The van der Waals surface area contributed by atoms with Crippen molar-refractivity contribution in [1.82, 2.24) is 9.97 Å². The van der Waals surface area contributed by atoms with Gasteiger partial charge in [0, 0.05) is 22.6 Å². The number of benzene rings is 1. The average Bonchev–Trinajstić information content (AvgIpc) is 3.00. The highest BCUT2D eigenvalue weighted by atomic mass is 32.2. The van der Waals surface area contributed by atoms with Crippen LogP contribution in [0.1, 0.15) is 35.8 Å². The van der Waals surface area contributed by atoms with Crippen molar-refractivity contribution in [3.8, 4) is 11.1 Å². The second-order valence-corrected chi connectivity index (χ2v) is 8.42. The van der Waals surface area contributed by atoms with Crippen LogP contribution in [0.25, 0.3) is 21.3 Å². The second kappa shape index (κ2) is 8.18. The van der Waals surface area contributed by atoms with Gasteiger partial charge in [-0.1, -0.05) is 25.1 Å². The standard InChI is InChI=1S/C20H22N2O2S2/c1-4-15-17(14-8-7-12(2)13(3)10-14)18-19(21-11-22-20(18)26-15)25-9-5-6-16(23)24/h7-8,10-11H,4-6,9H2,1-3H3,(H,23,24). The molecule has 2 aromatic heterocycles. The molecule has 3 rings (SSSR count). The third-order valence-corrected chi connectivity index (χ3v) is 6.73. The van der Waals surface area contributed by atoms with Crippen molar-refractivity contribution >= 4 is 39.3 Å². The Kier molecular flexibility index (Phi) is 5.94. The first kappa shape index (κ1) is 18.9. The predicted molar refractivity (Wildman–Crippen MR) is 109 cm³/mol. The van der Waals surface area contributed by atoms with Gasteiger partial charge in [0.05, 0.1) is 5.39 Å². The Balaban J connectivity index is 2.05. The molecule has 136 valence electrons. The molecular formula is C20H22N2O2S2. The SMILES string of the molecule is CCc1sc2ncnc(SCCCC(=O)O)c2c1-c1ccc(C)c(C)c1. The Bertz CT molecular complexity index is 950. The molecule has 26 heavy (non-hydrogen) atoms. The van der Waals surface area contributed by atoms with E-state index in [0.29, 0.717) is 6.42 Å². The van der Waals surface area contributed by atoms with Gasteiger partial charge in [0.15, 0.2) is 0 Å². The number of nitrogens with zero attached hydrogens (tertiary/aromatic N) is 2. The summed E-state index contributed by atoms with van der Waals surface area (Å²) in [6.07, 6.45) is 3.39. The van der Waals surface area contributed by atoms with E-state index in [2.05, 4.69) is 48.9 Å². The fourth-order valence-corrected chi connectivity index (χ4v) is 5.02. The number of fused-ring (bicyclic) bond motifs is 1. The predicted octanol–water partition coefficient (Wildman–Crippen LogP) is 5.49. The maximum atomic E-state index is 10.7. The monoisotopic (exact) mass is 386 g/mol. The summed E-state index contributed by atoms with van der Waals surface area (Å²) < 4.78 is 0. The van der Waals surface area contributed by atoms with Crippen LogP contribution in [0.5, 0.6) is 0 Å². The van der Waals surface area contributed by atoms with Crippen molar-refractivity contribution in [3.63, 3.8) is 0 Å². The van der Waals surface area contributed by atoms with Crippen LogP contribution in [-0.2, 0) is 11.2 Å². The van der Waals surface area contributed by atoms with Crippen LogP contribution in [-0.4, -0.2) is 26.8 Å². The van der Waals surface area contributed by atoms with Crippen LogP contribution < -0.4 is 0 Å². The van der Waals surface area contributed by atoms with Crippen LogP contribution in [0.4, 0.5) is 0 Å². The zero-order valence-electron chi connectivity index (χ0n) is 15.2. The molecule has 0 bridgehead atoms. The van der Waals surface area contributed by atoms with Gasteiger partial charge < -0.3 is 5.11 Å². The lowest BCUT2D eigenvalue weighted by atomic mass is 9.98. The van der Waals surface area contributed by atoms with E-state index in [0.717, 1.165) is 27.4 Å². The Labute approximate surface area is 161 Å². The van der Waals surface area contributed by atoms with E-state index >= 15 is 0 Å². The van der Waals surface area contributed by atoms with Gasteiger partial charge in [0.1, 0.15) is 16.2 Å². The molecule has 0 atom stereocenters. The molecule has 0 fully saturated rings. The van der Waals surface area contributed by atoms with Gasteiger partial charge in [-0.25, -0.2) is 9.97 Å². The summed E-state index contributed by atoms with van der Waals surface area (Å²) in [6, 6.07) is 6.58. The Hall–Kier alpha value is -1.92. The average molecular weight is 387 g/mol. The lowest BCUT2D eigenvalue weighted by Gasteiger charge is -2.09. The minimum Gasteiger partial charge on any atom is -0.481 e. The number of thioether (sulfide) groups is 1. The topological polar surface area (TPSA) is 63.1 Å². The highest BCUT2D eigenvalue weighted by molar-refractivity contribution is 7.99.